The number of thioether (sulfide) groups is 2. The van der Waals surface area contributed by atoms with Crippen LogP contribution in [0.4, 0.5) is 0 Å². The lowest BCUT2D eigenvalue weighted by atomic mass is 10.3. The third-order valence-electron chi connectivity index (χ3n) is 4.11. The van der Waals surface area contributed by atoms with Gasteiger partial charge in [0.2, 0.25) is 5.91 Å². The third-order valence-corrected chi connectivity index (χ3v) is 5.94. The number of aliphatic imine (C=N–C) groups is 1. The van der Waals surface area contributed by atoms with Crippen molar-refractivity contribution in [2.24, 2.45) is 4.99 Å². The molecule has 1 aromatic carbocycles. The number of methoxy groups -OCH3 is 1. The van der Waals surface area contributed by atoms with E-state index in [4.69, 9.17) is 9.47 Å². The summed E-state index contributed by atoms with van der Waals surface area (Å²) >= 11 is 2.91. The van der Waals surface area contributed by atoms with Crippen LogP contribution in [0, 0.1) is 0 Å². The molecule has 1 atom stereocenters. The lowest BCUT2D eigenvalue weighted by Gasteiger charge is -2.19. The number of amidine groups is 1. The highest BCUT2D eigenvalue weighted by Gasteiger charge is 2.23. The molecule has 8 nitrogen and oxygen atoms in total. The molecule has 1 N–H and O–H groups in total. The average molecular weight is 436 g/mol. The predicted octanol–water partition coefficient (Wildman–Crippen LogP) is 3.32. The zero-order valence-electron chi connectivity index (χ0n) is 16.9. The van der Waals surface area contributed by atoms with Crippen LogP contribution in [0.3, 0.4) is 0 Å². The van der Waals surface area contributed by atoms with Gasteiger partial charge in [0.1, 0.15) is 0 Å². The second kappa shape index (κ2) is 10.0. The van der Waals surface area contributed by atoms with E-state index in [1.807, 2.05) is 35.8 Å². The van der Waals surface area contributed by atoms with Gasteiger partial charge in [-0.15, -0.1) is 10.2 Å². The van der Waals surface area contributed by atoms with E-state index in [2.05, 4.69) is 34.4 Å². The summed E-state index contributed by atoms with van der Waals surface area (Å²) in [6, 6.07) is 7.61. The number of nitrogens with zero attached hydrogens (tertiary/aromatic N) is 4. The van der Waals surface area contributed by atoms with Crippen molar-refractivity contribution in [2.75, 3.05) is 25.2 Å². The highest BCUT2D eigenvalue weighted by Crippen LogP contribution is 2.32. The Labute approximate surface area is 178 Å². The number of amides is 1. The molecule has 29 heavy (non-hydrogen) atoms. The molecule has 1 unspecified atom stereocenters. The summed E-state index contributed by atoms with van der Waals surface area (Å²) in [4.78, 5) is 16.4. The maximum atomic E-state index is 12.2. The first-order chi connectivity index (χ1) is 14.0. The minimum Gasteiger partial charge on any atom is -0.493 e. The van der Waals surface area contributed by atoms with E-state index < -0.39 is 0 Å². The van der Waals surface area contributed by atoms with Crippen LogP contribution in [0.1, 0.15) is 38.7 Å². The summed E-state index contributed by atoms with van der Waals surface area (Å²) in [6.45, 7) is 6.78. The Morgan fingerprint density at radius 1 is 1.28 bits per heavy atom. The van der Waals surface area contributed by atoms with Crippen LogP contribution in [0.2, 0.25) is 0 Å². The van der Waals surface area contributed by atoms with Gasteiger partial charge in [0.15, 0.2) is 33.8 Å². The Balaban J connectivity index is 1.69. The molecule has 0 radical (unpaired) electrons. The summed E-state index contributed by atoms with van der Waals surface area (Å²) in [5.41, 5.74) is 0. The van der Waals surface area contributed by atoms with E-state index in [1.54, 1.807) is 18.9 Å². The molecule has 0 saturated heterocycles. The maximum Gasteiger partial charge on any atom is 0.236 e. The zero-order valence-corrected chi connectivity index (χ0v) is 18.5. The molecule has 1 aromatic heterocycles. The molecule has 156 valence electrons. The normalized spacial score (nSPS) is 14.6. The smallest absolute Gasteiger partial charge is 0.236 e. The Kier molecular flexibility index (Phi) is 7.43. The number of hydrogen-bond donors (Lipinski definition) is 1. The van der Waals surface area contributed by atoms with Gasteiger partial charge >= 0.3 is 0 Å². The summed E-state index contributed by atoms with van der Waals surface area (Å²) in [5, 5.41) is 12.8. The van der Waals surface area contributed by atoms with E-state index in [0.29, 0.717) is 27.6 Å². The van der Waals surface area contributed by atoms with E-state index in [-0.39, 0.29) is 23.8 Å². The monoisotopic (exact) mass is 435 g/mol. The molecule has 2 heterocycles. The molecule has 0 fully saturated rings. The van der Waals surface area contributed by atoms with Crippen molar-refractivity contribution in [3.05, 3.63) is 30.1 Å². The molecule has 0 saturated carbocycles. The molecule has 2 aromatic rings. The maximum absolute atomic E-state index is 12.2. The van der Waals surface area contributed by atoms with Crippen molar-refractivity contribution in [2.45, 2.75) is 38.1 Å². The lowest BCUT2D eigenvalue weighted by molar-refractivity contribution is -0.117. The number of benzene rings is 1. The van der Waals surface area contributed by atoms with Crippen LogP contribution in [0.5, 0.6) is 11.5 Å². The Hall–Kier alpha value is -2.20. The Morgan fingerprint density at radius 2 is 2.03 bits per heavy atom. The van der Waals surface area contributed by atoms with Gasteiger partial charge < -0.3 is 19.4 Å². The molecule has 1 aliphatic rings. The number of rotatable bonds is 8. The minimum absolute atomic E-state index is 0.0960. The van der Waals surface area contributed by atoms with E-state index in [9.17, 15) is 4.79 Å². The molecule has 10 heteroatoms. The number of nitrogens with one attached hydrogen (secondary N) is 1. The predicted molar refractivity (Wildman–Crippen MR) is 116 cm³/mol. The highest BCUT2D eigenvalue weighted by molar-refractivity contribution is 8.14. The van der Waals surface area contributed by atoms with E-state index in [0.717, 1.165) is 12.3 Å². The second-order valence-corrected chi connectivity index (χ2v) is 8.61. The molecule has 0 spiro atoms. The van der Waals surface area contributed by atoms with Gasteiger partial charge in [-0.25, -0.2) is 0 Å². The van der Waals surface area contributed by atoms with Crippen LogP contribution >= 0.6 is 23.5 Å². The summed E-state index contributed by atoms with van der Waals surface area (Å²) in [5.74, 6) is 3.06. The average Bonchev–Trinajstić information content (AvgIpc) is 3.36. The zero-order chi connectivity index (χ0) is 20.8. The summed E-state index contributed by atoms with van der Waals surface area (Å²) in [6.07, 6.45) is -0.339. The molecular formula is C19H25N5O3S2. The SMILES string of the molecule is COc1ccccc1OC(C)c1nnc(SCC(=O)NC2=NCCS2)n1C(C)C. The first-order valence-electron chi connectivity index (χ1n) is 9.34. The topological polar surface area (TPSA) is 90.6 Å². The van der Waals surface area contributed by atoms with Crippen molar-refractivity contribution >= 4 is 34.6 Å². The van der Waals surface area contributed by atoms with Crippen LogP contribution in [-0.2, 0) is 4.79 Å². The van der Waals surface area contributed by atoms with Crippen molar-refractivity contribution in [3.8, 4) is 11.5 Å². The van der Waals surface area contributed by atoms with Crippen LogP contribution < -0.4 is 14.8 Å². The first-order valence-corrected chi connectivity index (χ1v) is 11.3. The summed E-state index contributed by atoms with van der Waals surface area (Å²) in [7, 11) is 1.61. The molecule has 0 bridgehead atoms. The largest absolute Gasteiger partial charge is 0.493 e. The van der Waals surface area contributed by atoms with Gasteiger partial charge in [0.25, 0.3) is 0 Å². The molecule has 1 amide bonds. The number of carbonyl (C=O) groups excluding carboxylic acids is 1. The van der Waals surface area contributed by atoms with Gasteiger partial charge in [0, 0.05) is 11.8 Å². The first kappa shape index (κ1) is 21.5. The molecular weight excluding hydrogens is 410 g/mol. The number of aromatic nitrogens is 3. The van der Waals surface area contributed by atoms with Crippen LogP contribution in [0.15, 0.2) is 34.4 Å². The lowest BCUT2D eigenvalue weighted by Crippen LogP contribution is -2.29. The fourth-order valence-electron chi connectivity index (χ4n) is 2.80. The summed E-state index contributed by atoms with van der Waals surface area (Å²) < 4.78 is 13.4. The standard InChI is InChI=1S/C19H25N5O3S2/c1-12(2)24-17(13(3)27-15-8-6-5-7-14(15)26-4)22-23-19(24)29-11-16(25)21-18-20-9-10-28-18/h5-8,12-13H,9-11H2,1-4H3,(H,20,21,25). The quantitative estimate of drug-likeness (QED) is 0.636. The molecule has 1 aliphatic heterocycles. The number of hydrogen-bond acceptors (Lipinski definition) is 8. The Bertz CT molecular complexity index is 884. The van der Waals surface area contributed by atoms with Crippen molar-refractivity contribution in [3.63, 3.8) is 0 Å². The number of carbonyl (C=O) groups is 1. The Morgan fingerprint density at radius 3 is 2.69 bits per heavy atom. The fraction of sp³-hybridized carbons (Fsp3) is 0.474. The molecule has 0 aliphatic carbocycles. The minimum atomic E-state index is -0.339. The molecule has 3 rings (SSSR count). The number of para-hydroxylation sites is 2. The van der Waals surface area contributed by atoms with Crippen LogP contribution in [0.25, 0.3) is 0 Å². The van der Waals surface area contributed by atoms with Gasteiger partial charge in [-0.2, -0.15) is 0 Å². The third kappa shape index (κ3) is 5.45. The van der Waals surface area contributed by atoms with Crippen molar-refractivity contribution in [1.29, 1.82) is 0 Å². The van der Waals surface area contributed by atoms with E-state index >= 15 is 0 Å². The van der Waals surface area contributed by atoms with Crippen molar-refractivity contribution in [1.82, 2.24) is 20.1 Å². The van der Waals surface area contributed by atoms with E-state index in [1.165, 1.54) is 11.8 Å². The fourth-order valence-corrected chi connectivity index (χ4v) is 4.42. The second-order valence-electron chi connectivity index (χ2n) is 6.59. The van der Waals surface area contributed by atoms with Gasteiger partial charge in [-0.1, -0.05) is 35.7 Å². The van der Waals surface area contributed by atoms with Crippen LogP contribution in [-0.4, -0.2) is 51.0 Å². The van der Waals surface area contributed by atoms with Gasteiger partial charge in [-0.3, -0.25) is 9.79 Å². The van der Waals surface area contributed by atoms with Crippen molar-refractivity contribution < 1.29 is 14.3 Å². The van der Waals surface area contributed by atoms with Gasteiger partial charge in [0.05, 0.1) is 19.4 Å². The highest BCUT2D eigenvalue weighted by atomic mass is 32.2. The van der Waals surface area contributed by atoms with Gasteiger partial charge in [-0.05, 0) is 32.9 Å². The number of ether oxygens (including phenoxy) is 2.